The molecule has 0 spiro atoms. The molecule has 0 atom stereocenters. The fourth-order valence-electron chi connectivity index (χ4n) is 2.61. The van der Waals surface area contributed by atoms with E-state index in [9.17, 15) is 4.79 Å². The van der Waals surface area contributed by atoms with Crippen LogP contribution in [-0.2, 0) is 16.0 Å². The van der Waals surface area contributed by atoms with E-state index in [0.717, 1.165) is 33.1 Å². The number of aromatic nitrogens is 1. The summed E-state index contributed by atoms with van der Waals surface area (Å²) in [5.74, 6) is -0.242. The van der Waals surface area contributed by atoms with Crippen LogP contribution in [-0.4, -0.2) is 17.6 Å². The maximum Gasteiger partial charge on any atom is 0.302 e. The monoisotopic (exact) mass is 359 g/mol. The molecule has 0 aliphatic carbocycles. The van der Waals surface area contributed by atoms with Crippen LogP contribution < -0.4 is 0 Å². The topological polar surface area (TPSA) is 42.1 Å². The molecule has 3 rings (SSSR count). The Balaban J connectivity index is 1.81. The molecule has 3 nitrogen and oxygen atoms in total. The summed E-state index contributed by atoms with van der Waals surface area (Å²) in [4.78, 5) is 16.6. The lowest BCUT2D eigenvalue weighted by Gasteiger charge is -2.06. The van der Waals surface area contributed by atoms with Gasteiger partial charge in [-0.25, -0.2) is 0 Å². The van der Waals surface area contributed by atoms with Gasteiger partial charge in [0.1, 0.15) is 0 Å². The number of aryl methyl sites for hydroxylation is 1. The van der Waals surface area contributed by atoms with Crippen molar-refractivity contribution in [3.8, 4) is 0 Å². The Kier molecular flexibility index (Phi) is 5.17. The van der Waals surface area contributed by atoms with Crippen molar-refractivity contribution < 1.29 is 9.53 Å². The molecule has 0 aliphatic rings. The summed E-state index contributed by atoms with van der Waals surface area (Å²) in [6.07, 6.45) is 0.719. The Bertz CT molecular complexity index is 888. The molecule has 24 heavy (non-hydrogen) atoms. The molecule has 0 unspecified atom stereocenters. The van der Waals surface area contributed by atoms with Gasteiger partial charge in [-0.3, -0.25) is 4.79 Å². The molecule has 1 heterocycles. The second-order valence-corrected chi connectivity index (χ2v) is 7.13. The van der Waals surface area contributed by atoms with E-state index >= 15 is 0 Å². The molecule has 3 aromatic rings. The molecule has 124 valence electrons. The minimum absolute atomic E-state index is 0.242. The first kappa shape index (κ1) is 16.9. The predicted octanol–water partition coefficient (Wildman–Crippen LogP) is 5.39. The number of hydrogen-bond acceptors (Lipinski definition) is 3. The molecule has 0 saturated carbocycles. The van der Waals surface area contributed by atoms with Crippen molar-refractivity contribution in [2.75, 3.05) is 6.61 Å². The van der Waals surface area contributed by atoms with Gasteiger partial charge >= 0.3 is 5.97 Å². The molecule has 2 aromatic carbocycles. The van der Waals surface area contributed by atoms with Gasteiger partial charge in [-0.1, -0.05) is 41.6 Å². The quantitative estimate of drug-likeness (QED) is 0.621. The van der Waals surface area contributed by atoms with Crippen LogP contribution in [0.4, 0.5) is 0 Å². The van der Waals surface area contributed by atoms with E-state index in [-0.39, 0.29) is 5.97 Å². The lowest BCUT2D eigenvalue weighted by Crippen LogP contribution is -2.03. The Morgan fingerprint density at radius 1 is 1.25 bits per heavy atom. The van der Waals surface area contributed by atoms with Gasteiger partial charge < -0.3 is 9.72 Å². The predicted molar refractivity (Wildman–Crippen MR) is 98.9 cm³/mol. The first-order chi connectivity index (χ1) is 11.5. The number of esters is 1. The number of nitrogens with one attached hydrogen (secondary N) is 1. The summed E-state index contributed by atoms with van der Waals surface area (Å²) in [7, 11) is 0. The number of aromatic amines is 1. The molecule has 5 heteroatoms. The van der Waals surface area contributed by atoms with Crippen LogP contribution >= 0.6 is 23.4 Å². The van der Waals surface area contributed by atoms with E-state index in [4.69, 9.17) is 16.3 Å². The van der Waals surface area contributed by atoms with E-state index in [1.165, 1.54) is 17.2 Å². The van der Waals surface area contributed by atoms with Crippen molar-refractivity contribution in [1.82, 2.24) is 4.98 Å². The summed E-state index contributed by atoms with van der Waals surface area (Å²) in [6, 6.07) is 14.2. The van der Waals surface area contributed by atoms with E-state index in [2.05, 4.69) is 30.1 Å². The number of rotatable bonds is 5. The van der Waals surface area contributed by atoms with E-state index < -0.39 is 0 Å². The van der Waals surface area contributed by atoms with Crippen LogP contribution in [0.25, 0.3) is 10.9 Å². The molecule has 0 amide bonds. The molecule has 1 aromatic heterocycles. The van der Waals surface area contributed by atoms with Gasteiger partial charge in [-0.15, -0.1) is 0 Å². The highest BCUT2D eigenvalue weighted by atomic mass is 35.5. The third-order valence-electron chi connectivity index (χ3n) is 3.70. The summed E-state index contributed by atoms with van der Waals surface area (Å²) in [6.45, 7) is 3.91. The summed E-state index contributed by atoms with van der Waals surface area (Å²) in [5, 5.41) is 1.90. The van der Waals surface area contributed by atoms with Crippen LogP contribution in [0.1, 0.15) is 18.2 Å². The summed E-state index contributed by atoms with van der Waals surface area (Å²) in [5.41, 5.74) is 3.33. The minimum atomic E-state index is -0.242. The van der Waals surface area contributed by atoms with Crippen molar-refractivity contribution >= 4 is 40.2 Å². The smallest absolute Gasteiger partial charge is 0.302 e. The minimum Gasteiger partial charge on any atom is -0.466 e. The third kappa shape index (κ3) is 3.94. The van der Waals surface area contributed by atoms with Gasteiger partial charge in [0, 0.05) is 44.8 Å². The Morgan fingerprint density at radius 2 is 2.08 bits per heavy atom. The Labute approximate surface area is 150 Å². The first-order valence-electron chi connectivity index (χ1n) is 7.71. The number of ether oxygens (including phenoxy) is 1. The molecular formula is C19H18ClNO2S. The van der Waals surface area contributed by atoms with Crippen LogP contribution in [0, 0.1) is 6.92 Å². The van der Waals surface area contributed by atoms with Gasteiger partial charge in [-0.2, -0.15) is 0 Å². The van der Waals surface area contributed by atoms with Crippen LogP contribution in [0.3, 0.4) is 0 Å². The van der Waals surface area contributed by atoms with E-state index in [1.54, 1.807) is 11.8 Å². The van der Waals surface area contributed by atoms with Crippen molar-refractivity contribution in [2.24, 2.45) is 0 Å². The Hall–Kier alpha value is -1.91. The highest BCUT2D eigenvalue weighted by Gasteiger charge is 2.10. The van der Waals surface area contributed by atoms with Crippen molar-refractivity contribution in [3.05, 3.63) is 58.7 Å². The highest BCUT2D eigenvalue weighted by molar-refractivity contribution is 7.99. The van der Waals surface area contributed by atoms with Crippen molar-refractivity contribution in [3.63, 3.8) is 0 Å². The fraction of sp³-hybridized carbons (Fsp3) is 0.211. The second kappa shape index (κ2) is 7.32. The maximum atomic E-state index is 10.9. The van der Waals surface area contributed by atoms with Crippen molar-refractivity contribution in [1.29, 1.82) is 0 Å². The molecule has 0 saturated heterocycles. The molecule has 1 N–H and O–H groups in total. The number of hydrogen-bond donors (Lipinski definition) is 1. The zero-order chi connectivity index (χ0) is 17.1. The number of benzene rings is 2. The number of halogens is 1. The van der Waals surface area contributed by atoms with Crippen molar-refractivity contribution in [2.45, 2.75) is 30.1 Å². The standard InChI is InChI=1S/C19H18ClNO2S/c1-12-19(17-7-6-15(20)11-18(17)21-12)24-16-5-3-4-14(10-16)8-9-23-13(2)22/h3-7,10-11,21H,8-9H2,1-2H3. The number of H-pyrrole nitrogens is 1. The largest absolute Gasteiger partial charge is 0.466 e. The number of carbonyl (C=O) groups excluding carboxylic acids is 1. The van der Waals surface area contributed by atoms with Gasteiger partial charge in [0.2, 0.25) is 0 Å². The van der Waals surface area contributed by atoms with Crippen LogP contribution in [0.5, 0.6) is 0 Å². The molecular weight excluding hydrogens is 342 g/mol. The van der Waals surface area contributed by atoms with Gasteiger partial charge in [0.05, 0.1) is 6.61 Å². The SMILES string of the molecule is CC(=O)OCCc1cccc(Sc2c(C)[nH]c3cc(Cl)ccc23)c1. The second-order valence-electron chi connectivity index (χ2n) is 5.61. The van der Waals surface area contributed by atoms with E-state index in [0.29, 0.717) is 6.61 Å². The van der Waals surface area contributed by atoms with Crippen LogP contribution in [0.2, 0.25) is 5.02 Å². The number of fused-ring (bicyclic) bond motifs is 1. The summed E-state index contributed by atoms with van der Waals surface area (Å²) >= 11 is 7.80. The zero-order valence-electron chi connectivity index (χ0n) is 13.6. The molecule has 0 aliphatic heterocycles. The Morgan fingerprint density at radius 3 is 2.88 bits per heavy atom. The van der Waals surface area contributed by atoms with Gasteiger partial charge in [0.15, 0.2) is 0 Å². The first-order valence-corrected chi connectivity index (χ1v) is 8.90. The molecule has 0 bridgehead atoms. The van der Waals surface area contributed by atoms with Crippen LogP contribution in [0.15, 0.2) is 52.3 Å². The average molecular weight is 360 g/mol. The lowest BCUT2D eigenvalue weighted by atomic mass is 10.2. The lowest BCUT2D eigenvalue weighted by molar-refractivity contribution is -0.140. The zero-order valence-corrected chi connectivity index (χ0v) is 15.1. The maximum absolute atomic E-state index is 10.9. The molecule has 0 radical (unpaired) electrons. The third-order valence-corrected chi connectivity index (χ3v) is 5.16. The molecule has 0 fully saturated rings. The van der Waals surface area contributed by atoms with Gasteiger partial charge in [0.25, 0.3) is 0 Å². The number of carbonyl (C=O) groups is 1. The highest BCUT2D eigenvalue weighted by Crippen LogP contribution is 2.37. The normalized spacial score (nSPS) is 11.0. The van der Waals surface area contributed by atoms with Gasteiger partial charge in [-0.05, 0) is 36.8 Å². The van der Waals surface area contributed by atoms with E-state index in [1.807, 2.05) is 24.3 Å². The fourth-order valence-corrected chi connectivity index (χ4v) is 3.86. The average Bonchev–Trinajstić information content (AvgIpc) is 2.82. The summed E-state index contributed by atoms with van der Waals surface area (Å²) < 4.78 is 5.02.